The number of rotatable bonds is 2. The zero-order valence-electron chi connectivity index (χ0n) is 11.8. The summed E-state index contributed by atoms with van der Waals surface area (Å²) in [5.74, 6) is 0. The van der Waals surface area contributed by atoms with Crippen molar-refractivity contribution in [1.82, 2.24) is 0 Å². The van der Waals surface area contributed by atoms with Gasteiger partial charge in [-0.15, -0.1) is 0 Å². The van der Waals surface area contributed by atoms with Crippen LogP contribution in [0.1, 0.15) is 39.4 Å². The Bertz CT molecular complexity index is 356. The first-order valence-electron chi connectivity index (χ1n) is 5.73. The smallest absolute Gasteiger partial charge is 0.0982 e. The molecule has 0 bridgehead atoms. The molecule has 0 fully saturated rings. The maximum absolute atomic E-state index is 9.95. The average molecular weight is 364 g/mol. The Hall–Kier alpha value is 0.0234. The Morgan fingerprint density at radius 1 is 1.22 bits per heavy atom. The SMILES string of the molecule is CC(C)(C)/C=C/[C@H](O)c1ccccc1Br.[CH2-]C.[Zn]. The van der Waals surface area contributed by atoms with Gasteiger partial charge in [-0.2, -0.15) is 6.92 Å². The van der Waals surface area contributed by atoms with Gasteiger partial charge < -0.3 is 12.0 Å². The molecule has 1 N–H and O–H groups in total. The van der Waals surface area contributed by atoms with Gasteiger partial charge in [0.1, 0.15) is 0 Å². The van der Waals surface area contributed by atoms with Gasteiger partial charge in [-0.25, -0.2) is 0 Å². The van der Waals surface area contributed by atoms with Crippen LogP contribution in [-0.2, 0) is 19.5 Å². The molecule has 0 aliphatic heterocycles. The number of aliphatic hydroxyl groups is 1. The first-order valence-corrected chi connectivity index (χ1v) is 6.52. The van der Waals surface area contributed by atoms with Crippen LogP contribution in [-0.4, -0.2) is 5.11 Å². The molecule has 1 rings (SSSR count). The van der Waals surface area contributed by atoms with Crippen LogP contribution in [0.2, 0.25) is 0 Å². The molecule has 3 heteroatoms. The molecule has 0 aliphatic carbocycles. The summed E-state index contributed by atoms with van der Waals surface area (Å²) in [6.07, 6.45) is 3.32. The molecule has 1 aromatic rings. The van der Waals surface area contributed by atoms with E-state index < -0.39 is 6.10 Å². The largest absolute Gasteiger partial charge is 0.384 e. The van der Waals surface area contributed by atoms with E-state index in [1.54, 1.807) is 6.92 Å². The molecule has 0 aromatic heterocycles. The number of hydrogen-bond donors (Lipinski definition) is 1. The number of benzene rings is 1. The van der Waals surface area contributed by atoms with E-state index in [-0.39, 0.29) is 24.9 Å². The quantitative estimate of drug-likeness (QED) is 0.449. The Balaban J connectivity index is 0. The predicted octanol–water partition coefficient (Wildman–Crippen LogP) is 4.92. The number of halogens is 1. The van der Waals surface area contributed by atoms with E-state index in [2.05, 4.69) is 43.6 Å². The Kier molecular flexibility index (Phi) is 11.2. The first kappa shape index (κ1) is 20.3. The van der Waals surface area contributed by atoms with Gasteiger partial charge in [-0.05, 0) is 17.0 Å². The van der Waals surface area contributed by atoms with Crippen LogP contribution in [0.5, 0.6) is 0 Å². The van der Waals surface area contributed by atoms with Crippen LogP contribution in [0, 0.1) is 12.3 Å². The van der Waals surface area contributed by atoms with Gasteiger partial charge in [0, 0.05) is 24.0 Å². The van der Waals surface area contributed by atoms with E-state index in [9.17, 15) is 5.11 Å². The Morgan fingerprint density at radius 2 is 1.72 bits per heavy atom. The topological polar surface area (TPSA) is 20.2 Å². The summed E-state index contributed by atoms with van der Waals surface area (Å²) in [5, 5.41) is 9.95. The maximum Gasteiger partial charge on any atom is 0.0982 e. The van der Waals surface area contributed by atoms with Crippen molar-refractivity contribution in [3.05, 3.63) is 53.4 Å². The van der Waals surface area contributed by atoms with Gasteiger partial charge in [-0.1, -0.05) is 67.1 Å². The molecule has 98 valence electrons. The van der Waals surface area contributed by atoms with E-state index in [0.717, 1.165) is 10.0 Å². The van der Waals surface area contributed by atoms with Crippen molar-refractivity contribution >= 4 is 15.9 Å². The van der Waals surface area contributed by atoms with Crippen molar-refractivity contribution in [2.24, 2.45) is 5.41 Å². The standard InChI is InChI=1S/C13H17BrO.C2H5.Zn/c1-13(2,3)9-8-12(15)10-6-4-5-7-11(10)14;1-2;/h4-9,12,15H,1-3H3;1H2,2H3;/q;-1;/b9-8+;;/t12-;;/m0../s1. The molecule has 0 aliphatic rings. The van der Waals surface area contributed by atoms with E-state index in [4.69, 9.17) is 0 Å². The van der Waals surface area contributed by atoms with E-state index >= 15 is 0 Å². The Morgan fingerprint density at radius 3 is 2.17 bits per heavy atom. The van der Waals surface area contributed by atoms with Crippen molar-refractivity contribution in [2.75, 3.05) is 0 Å². The molecule has 0 radical (unpaired) electrons. The van der Waals surface area contributed by atoms with Gasteiger partial charge in [0.15, 0.2) is 0 Å². The summed E-state index contributed by atoms with van der Waals surface area (Å²) in [6.45, 7) is 11.3. The summed E-state index contributed by atoms with van der Waals surface area (Å²) in [4.78, 5) is 0. The molecule has 0 heterocycles. The summed E-state index contributed by atoms with van der Waals surface area (Å²) < 4.78 is 0.941. The van der Waals surface area contributed by atoms with Crippen LogP contribution in [0.3, 0.4) is 0 Å². The van der Waals surface area contributed by atoms with Crippen molar-refractivity contribution in [3.8, 4) is 0 Å². The third-order valence-corrected chi connectivity index (χ3v) is 2.72. The van der Waals surface area contributed by atoms with Crippen LogP contribution in [0.25, 0.3) is 0 Å². The summed E-state index contributed by atoms with van der Waals surface area (Å²) >= 11 is 3.42. The molecule has 1 nitrogen and oxygen atoms in total. The van der Waals surface area contributed by atoms with Gasteiger partial charge in [-0.3, -0.25) is 0 Å². The fourth-order valence-corrected chi connectivity index (χ4v) is 1.72. The minimum atomic E-state index is -0.542. The first-order chi connectivity index (χ1) is 7.90. The van der Waals surface area contributed by atoms with Crippen molar-refractivity contribution in [1.29, 1.82) is 0 Å². The van der Waals surface area contributed by atoms with Crippen molar-refractivity contribution < 1.29 is 24.6 Å². The van der Waals surface area contributed by atoms with Gasteiger partial charge >= 0.3 is 0 Å². The molecule has 0 saturated heterocycles. The molecular formula is C15H22BrOZn-. The monoisotopic (exact) mass is 361 g/mol. The second-order valence-electron chi connectivity index (χ2n) is 4.69. The number of aliphatic hydroxyl groups excluding tert-OH is 1. The average Bonchev–Trinajstić information content (AvgIpc) is 2.28. The molecule has 18 heavy (non-hydrogen) atoms. The van der Waals surface area contributed by atoms with Crippen molar-refractivity contribution in [2.45, 2.75) is 33.8 Å². The minimum Gasteiger partial charge on any atom is -0.384 e. The molecule has 1 aromatic carbocycles. The molecule has 0 unspecified atom stereocenters. The summed E-state index contributed by atoms with van der Waals surface area (Å²) in [5.41, 5.74) is 1.00. The summed E-state index contributed by atoms with van der Waals surface area (Å²) in [7, 11) is 0. The molecule has 0 saturated carbocycles. The molecule has 1 atom stereocenters. The van der Waals surface area contributed by atoms with Gasteiger partial charge in [0.2, 0.25) is 0 Å². The Labute approximate surface area is 133 Å². The van der Waals surface area contributed by atoms with Crippen molar-refractivity contribution in [3.63, 3.8) is 0 Å². The second kappa shape index (κ2) is 9.89. The zero-order chi connectivity index (χ0) is 13.5. The molecule has 0 spiro atoms. The minimum absolute atomic E-state index is 0. The zero-order valence-corrected chi connectivity index (χ0v) is 16.3. The maximum atomic E-state index is 9.95. The fraction of sp³-hybridized carbons (Fsp3) is 0.400. The number of allylic oxidation sites excluding steroid dienone is 1. The van der Waals surface area contributed by atoms with E-state index in [0.29, 0.717) is 0 Å². The van der Waals surface area contributed by atoms with Crippen LogP contribution < -0.4 is 0 Å². The van der Waals surface area contributed by atoms with E-state index in [1.165, 1.54) is 0 Å². The van der Waals surface area contributed by atoms with E-state index in [1.807, 2.05) is 36.4 Å². The molecular weight excluding hydrogens is 341 g/mol. The number of hydrogen-bond acceptors (Lipinski definition) is 1. The van der Waals surface area contributed by atoms with Crippen LogP contribution in [0.15, 0.2) is 40.9 Å². The predicted molar refractivity (Wildman–Crippen MR) is 78.7 cm³/mol. The third kappa shape index (κ3) is 8.18. The van der Waals surface area contributed by atoms with Crippen LogP contribution >= 0.6 is 15.9 Å². The normalized spacial score (nSPS) is 12.4. The van der Waals surface area contributed by atoms with Gasteiger partial charge in [0.25, 0.3) is 0 Å². The summed E-state index contributed by atoms with van der Waals surface area (Å²) in [6, 6.07) is 7.72. The fourth-order valence-electron chi connectivity index (χ4n) is 1.20. The molecule has 0 amide bonds. The second-order valence-corrected chi connectivity index (χ2v) is 5.55. The van der Waals surface area contributed by atoms with Crippen LogP contribution in [0.4, 0.5) is 0 Å². The van der Waals surface area contributed by atoms with Gasteiger partial charge in [0.05, 0.1) is 6.10 Å². The third-order valence-electron chi connectivity index (χ3n) is 2.00.